The van der Waals surface area contributed by atoms with E-state index in [1.54, 1.807) is 13.2 Å². The van der Waals surface area contributed by atoms with Crippen LogP contribution in [0.5, 0.6) is 5.75 Å². The zero-order chi connectivity index (χ0) is 24.9. The molecule has 5 heteroatoms. The van der Waals surface area contributed by atoms with Crippen molar-refractivity contribution in [3.8, 4) is 11.8 Å². The second-order valence-corrected chi connectivity index (χ2v) is 8.61. The number of methoxy groups -OCH3 is 1. The maximum absolute atomic E-state index is 12.8. The molecule has 5 rings (SSSR count). The number of nitriles is 1. The van der Waals surface area contributed by atoms with Gasteiger partial charge in [-0.15, -0.1) is 0 Å². The van der Waals surface area contributed by atoms with Gasteiger partial charge >= 0.3 is 0 Å². The van der Waals surface area contributed by atoms with Crippen LogP contribution in [0.1, 0.15) is 16.7 Å². The lowest BCUT2D eigenvalue weighted by Gasteiger charge is -2.07. The lowest BCUT2D eigenvalue weighted by atomic mass is 10.1. The average molecular weight is 472 g/mol. The van der Waals surface area contributed by atoms with Gasteiger partial charge in [0.15, 0.2) is 0 Å². The van der Waals surface area contributed by atoms with Gasteiger partial charge in [0.05, 0.1) is 7.11 Å². The molecule has 0 bridgehead atoms. The van der Waals surface area contributed by atoms with Crippen LogP contribution in [-0.4, -0.2) is 17.6 Å². The van der Waals surface area contributed by atoms with Gasteiger partial charge in [-0.25, -0.2) is 0 Å². The Kier molecular flexibility index (Phi) is 6.51. The first-order valence-corrected chi connectivity index (χ1v) is 11.7. The first-order chi connectivity index (χ1) is 17.6. The number of nitrogens with zero attached hydrogens (tertiary/aromatic N) is 2. The van der Waals surface area contributed by atoms with E-state index in [0.717, 1.165) is 27.8 Å². The quantitative estimate of drug-likeness (QED) is 0.231. The number of fused-ring (bicyclic) bond motifs is 2. The molecular weight excluding hydrogens is 446 g/mol. The molecule has 0 aliphatic rings. The minimum Gasteiger partial charge on any atom is -0.497 e. The van der Waals surface area contributed by atoms with Crippen molar-refractivity contribution in [3.63, 3.8) is 0 Å². The van der Waals surface area contributed by atoms with E-state index in [4.69, 9.17) is 4.74 Å². The molecule has 1 heterocycles. The molecule has 0 aliphatic carbocycles. The van der Waals surface area contributed by atoms with Crippen molar-refractivity contribution in [2.45, 2.75) is 13.1 Å². The monoisotopic (exact) mass is 471 g/mol. The van der Waals surface area contributed by atoms with Gasteiger partial charge in [-0.3, -0.25) is 4.79 Å². The summed E-state index contributed by atoms with van der Waals surface area (Å²) in [5, 5.41) is 16.0. The van der Waals surface area contributed by atoms with Crippen LogP contribution in [0.2, 0.25) is 0 Å². The van der Waals surface area contributed by atoms with Gasteiger partial charge in [-0.2, -0.15) is 5.26 Å². The molecule has 1 N–H and O–H groups in total. The molecule has 0 spiro atoms. The highest BCUT2D eigenvalue weighted by Crippen LogP contribution is 2.25. The van der Waals surface area contributed by atoms with Crippen LogP contribution in [0.3, 0.4) is 0 Å². The van der Waals surface area contributed by atoms with Gasteiger partial charge in [0.1, 0.15) is 17.4 Å². The Bertz CT molecular complexity index is 1620. The van der Waals surface area contributed by atoms with E-state index < -0.39 is 5.91 Å². The highest BCUT2D eigenvalue weighted by molar-refractivity contribution is 6.04. The van der Waals surface area contributed by atoms with E-state index in [1.165, 1.54) is 16.3 Å². The Balaban J connectivity index is 1.40. The highest BCUT2D eigenvalue weighted by atomic mass is 16.5. The SMILES string of the molecule is COc1ccc(CNC(=O)/C(C#N)=C\c2cn(Cc3ccc4ccccc4c3)c3ccccc23)cc1. The zero-order valence-electron chi connectivity index (χ0n) is 19.9. The van der Waals surface area contributed by atoms with E-state index in [1.807, 2.05) is 60.8 Å². The van der Waals surface area contributed by atoms with Crippen molar-refractivity contribution in [2.75, 3.05) is 7.11 Å². The predicted octanol–water partition coefficient (Wildman–Crippen LogP) is 6.07. The van der Waals surface area contributed by atoms with Crippen LogP contribution in [-0.2, 0) is 17.9 Å². The van der Waals surface area contributed by atoms with Crippen molar-refractivity contribution < 1.29 is 9.53 Å². The molecule has 0 atom stereocenters. The number of benzene rings is 4. The summed E-state index contributed by atoms with van der Waals surface area (Å²) < 4.78 is 7.33. The van der Waals surface area contributed by atoms with Crippen molar-refractivity contribution in [3.05, 3.63) is 119 Å². The molecular formula is C31H25N3O2. The summed E-state index contributed by atoms with van der Waals surface area (Å²) in [7, 11) is 1.61. The fraction of sp³-hybridized carbons (Fsp3) is 0.0968. The number of carbonyl (C=O) groups is 1. The van der Waals surface area contributed by atoms with E-state index in [9.17, 15) is 10.1 Å². The summed E-state index contributed by atoms with van der Waals surface area (Å²) in [6, 6.07) is 32.3. The third-order valence-electron chi connectivity index (χ3n) is 6.26. The number of nitrogens with one attached hydrogen (secondary N) is 1. The van der Waals surface area contributed by atoms with E-state index in [-0.39, 0.29) is 5.57 Å². The molecule has 0 saturated carbocycles. The summed E-state index contributed by atoms with van der Waals surface area (Å²) in [4.78, 5) is 12.8. The lowest BCUT2D eigenvalue weighted by Crippen LogP contribution is -2.23. The largest absolute Gasteiger partial charge is 0.497 e. The summed E-state index contributed by atoms with van der Waals surface area (Å²) in [5.74, 6) is 0.349. The summed E-state index contributed by atoms with van der Waals surface area (Å²) in [6.45, 7) is 1.01. The molecule has 36 heavy (non-hydrogen) atoms. The molecule has 0 saturated heterocycles. The smallest absolute Gasteiger partial charge is 0.262 e. The predicted molar refractivity (Wildman–Crippen MR) is 143 cm³/mol. The molecule has 0 unspecified atom stereocenters. The van der Waals surface area contributed by atoms with Crippen LogP contribution < -0.4 is 10.1 Å². The van der Waals surface area contributed by atoms with Gasteiger partial charge in [-0.05, 0) is 52.2 Å². The Morgan fingerprint density at radius 2 is 1.67 bits per heavy atom. The number of hydrogen-bond acceptors (Lipinski definition) is 3. The van der Waals surface area contributed by atoms with E-state index in [2.05, 4.69) is 52.4 Å². The topological polar surface area (TPSA) is 67.0 Å². The Morgan fingerprint density at radius 3 is 2.44 bits per heavy atom. The molecule has 176 valence electrons. The fourth-order valence-corrected chi connectivity index (χ4v) is 4.38. The van der Waals surface area contributed by atoms with Crippen LogP contribution in [0.4, 0.5) is 0 Å². The van der Waals surface area contributed by atoms with Crippen molar-refractivity contribution >= 4 is 33.7 Å². The standard InChI is InChI=1S/C31H25N3O2/c1-36-28-14-11-22(12-15-28)19-33-31(35)26(18-32)17-27-21-34(30-9-5-4-8-29(27)30)20-23-10-13-24-6-2-3-7-25(24)16-23/h2-17,21H,19-20H2,1H3,(H,33,35)/b26-17-. The molecule has 1 amide bonds. The van der Waals surface area contributed by atoms with Crippen LogP contribution >= 0.6 is 0 Å². The summed E-state index contributed by atoms with van der Waals surface area (Å²) in [6.07, 6.45) is 3.68. The van der Waals surface area contributed by atoms with Gasteiger partial charge in [0.2, 0.25) is 0 Å². The first-order valence-electron chi connectivity index (χ1n) is 11.7. The Hall–Kier alpha value is -4.82. The van der Waals surface area contributed by atoms with Crippen LogP contribution in [0.25, 0.3) is 27.8 Å². The third kappa shape index (κ3) is 4.84. The van der Waals surface area contributed by atoms with Crippen LogP contribution in [0, 0.1) is 11.3 Å². The van der Waals surface area contributed by atoms with Crippen molar-refractivity contribution in [1.82, 2.24) is 9.88 Å². The first kappa shape index (κ1) is 22.9. The third-order valence-corrected chi connectivity index (χ3v) is 6.26. The highest BCUT2D eigenvalue weighted by Gasteiger charge is 2.13. The fourth-order valence-electron chi connectivity index (χ4n) is 4.38. The zero-order valence-corrected chi connectivity index (χ0v) is 19.9. The summed E-state index contributed by atoms with van der Waals surface area (Å²) >= 11 is 0. The maximum Gasteiger partial charge on any atom is 0.262 e. The molecule has 5 aromatic rings. The Labute approximate surface area is 209 Å². The maximum atomic E-state index is 12.8. The van der Waals surface area contributed by atoms with Gasteiger partial charge in [0, 0.05) is 35.8 Å². The van der Waals surface area contributed by atoms with Gasteiger partial charge in [-0.1, -0.05) is 66.7 Å². The summed E-state index contributed by atoms with van der Waals surface area (Å²) in [5.41, 5.74) is 4.06. The van der Waals surface area contributed by atoms with E-state index in [0.29, 0.717) is 13.1 Å². The molecule has 0 aliphatic heterocycles. The number of rotatable bonds is 7. The molecule has 0 fully saturated rings. The normalized spacial score (nSPS) is 11.4. The number of amides is 1. The molecule has 4 aromatic carbocycles. The van der Waals surface area contributed by atoms with E-state index >= 15 is 0 Å². The number of ether oxygens (including phenoxy) is 1. The second-order valence-electron chi connectivity index (χ2n) is 8.61. The number of para-hydroxylation sites is 1. The minimum absolute atomic E-state index is 0.0668. The second kappa shape index (κ2) is 10.2. The van der Waals surface area contributed by atoms with Crippen LogP contribution in [0.15, 0.2) is 103 Å². The van der Waals surface area contributed by atoms with Crippen molar-refractivity contribution in [2.24, 2.45) is 0 Å². The number of hydrogen-bond donors (Lipinski definition) is 1. The van der Waals surface area contributed by atoms with Gasteiger partial charge in [0.25, 0.3) is 5.91 Å². The number of carbonyl (C=O) groups excluding carboxylic acids is 1. The molecule has 5 nitrogen and oxygen atoms in total. The minimum atomic E-state index is -0.403. The molecule has 0 radical (unpaired) electrons. The number of aromatic nitrogens is 1. The average Bonchev–Trinajstić information content (AvgIpc) is 3.27. The Morgan fingerprint density at radius 1 is 0.944 bits per heavy atom. The van der Waals surface area contributed by atoms with Crippen molar-refractivity contribution in [1.29, 1.82) is 5.26 Å². The molecule has 1 aromatic heterocycles. The van der Waals surface area contributed by atoms with Gasteiger partial charge < -0.3 is 14.6 Å². The lowest BCUT2D eigenvalue weighted by molar-refractivity contribution is -0.117.